The fourth-order valence-electron chi connectivity index (χ4n) is 2.55. The minimum atomic E-state index is -0.597. The molecular formula is C20H17Cl2N3O3. The van der Waals surface area contributed by atoms with E-state index >= 15 is 0 Å². The SMILES string of the molecule is CC(CO)NC(=O)c1cc(-c2ccc(Cl)cc2)nn(-c2cccc(Cl)c2)c1=O. The van der Waals surface area contributed by atoms with Crippen molar-refractivity contribution in [2.45, 2.75) is 13.0 Å². The summed E-state index contributed by atoms with van der Waals surface area (Å²) in [7, 11) is 0. The van der Waals surface area contributed by atoms with Gasteiger partial charge in [-0.05, 0) is 43.3 Å². The summed E-state index contributed by atoms with van der Waals surface area (Å²) >= 11 is 12.0. The Morgan fingerprint density at radius 3 is 2.50 bits per heavy atom. The molecule has 3 aromatic rings. The highest BCUT2D eigenvalue weighted by atomic mass is 35.5. The van der Waals surface area contributed by atoms with Crippen molar-refractivity contribution in [3.05, 3.63) is 80.6 Å². The number of amides is 1. The molecule has 0 saturated carbocycles. The van der Waals surface area contributed by atoms with Gasteiger partial charge in [-0.1, -0.05) is 41.4 Å². The first-order valence-electron chi connectivity index (χ1n) is 8.47. The van der Waals surface area contributed by atoms with Gasteiger partial charge in [0.25, 0.3) is 11.5 Å². The van der Waals surface area contributed by atoms with Gasteiger partial charge in [0.05, 0.1) is 18.0 Å². The van der Waals surface area contributed by atoms with E-state index in [0.717, 1.165) is 4.68 Å². The number of aliphatic hydroxyl groups excluding tert-OH is 1. The second-order valence-corrected chi connectivity index (χ2v) is 7.08. The van der Waals surface area contributed by atoms with E-state index in [9.17, 15) is 14.7 Å². The molecule has 1 heterocycles. The molecule has 0 aliphatic rings. The van der Waals surface area contributed by atoms with Crippen LogP contribution in [0.4, 0.5) is 0 Å². The maximum atomic E-state index is 12.9. The quantitative estimate of drug-likeness (QED) is 0.666. The topological polar surface area (TPSA) is 84.2 Å². The van der Waals surface area contributed by atoms with Crippen molar-refractivity contribution in [3.8, 4) is 16.9 Å². The third kappa shape index (κ3) is 4.42. The molecule has 0 spiro atoms. The first-order valence-corrected chi connectivity index (χ1v) is 9.22. The van der Waals surface area contributed by atoms with Crippen molar-refractivity contribution in [2.75, 3.05) is 6.61 Å². The Hall–Kier alpha value is -2.67. The lowest BCUT2D eigenvalue weighted by Gasteiger charge is -2.13. The summed E-state index contributed by atoms with van der Waals surface area (Å²) in [5.74, 6) is -0.597. The first-order chi connectivity index (χ1) is 13.4. The summed E-state index contributed by atoms with van der Waals surface area (Å²) in [6, 6.07) is 14.4. The van der Waals surface area contributed by atoms with Gasteiger partial charge in [-0.3, -0.25) is 9.59 Å². The van der Waals surface area contributed by atoms with Crippen molar-refractivity contribution in [1.82, 2.24) is 15.1 Å². The summed E-state index contributed by atoms with van der Waals surface area (Å²) in [6.07, 6.45) is 0. The smallest absolute Gasteiger partial charge is 0.284 e. The van der Waals surface area contributed by atoms with E-state index in [-0.39, 0.29) is 12.2 Å². The monoisotopic (exact) mass is 417 g/mol. The van der Waals surface area contributed by atoms with Gasteiger partial charge in [0.15, 0.2) is 0 Å². The van der Waals surface area contributed by atoms with Crippen LogP contribution in [0.1, 0.15) is 17.3 Å². The molecule has 1 unspecified atom stereocenters. The van der Waals surface area contributed by atoms with E-state index in [1.54, 1.807) is 55.5 Å². The maximum Gasteiger partial charge on any atom is 0.284 e. The number of nitrogens with zero attached hydrogens (tertiary/aromatic N) is 2. The summed E-state index contributed by atoms with van der Waals surface area (Å²) in [5, 5.41) is 17.2. The second kappa shape index (κ2) is 8.56. The fourth-order valence-corrected chi connectivity index (χ4v) is 2.86. The zero-order chi connectivity index (χ0) is 20.3. The lowest BCUT2D eigenvalue weighted by atomic mass is 10.1. The highest BCUT2D eigenvalue weighted by molar-refractivity contribution is 6.31. The van der Waals surface area contributed by atoms with Crippen LogP contribution < -0.4 is 10.9 Å². The molecule has 1 atom stereocenters. The Kier molecular flexibility index (Phi) is 6.14. The summed E-state index contributed by atoms with van der Waals surface area (Å²) in [4.78, 5) is 25.6. The van der Waals surface area contributed by atoms with Gasteiger partial charge in [-0.25, -0.2) is 0 Å². The number of rotatable bonds is 5. The molecule has 0 saturated heterocycles. The molecular weight excluding hydrogens is 401 g/mol. The number of hydrogen-bond acceptors (Lipinski definition) is 4. The second-order valence-electron chi connectivity index (χ2n) is 6.20. The largest absolute Gasteiger partial charge is 0.394 e. The molecule has 0 fully saturated rings. The van der Waals surface area contributed by atoms with Crippen molar-refractivity contribution in [1.29, 1.82) is 0 Å². The molecule has 2 N–H and O–H groups in total. The Bertz CT molecular complexity index is 1070. The Balaban J connectivity index is 2.19. The molecule has 2 aromatic carbocycles. The molecule has 1 amide bonds. The molecule has 28 heavy (non-hydrogen) atoms. The van der Waals surface area contributed by atoms with Crippen LogP contribution in [0.25, 0.3) is 16.9 Å². The number of hydrogen-bond donors (Lipinski definition) is 2. The van der Waals surface area contributed by atoms with E-state index in [1.807, 2.05) is 0 Å². The number of nitrogens with one attached hydrogen (secondary N) is 1. The van der Waals surface area contributed by atoms with Crippen molar-refractivity contribution >= 4 is 29.1 Å². The number of carbonyl (C=O) groups is 1. The fraction of sp³-hybridized carbons (Fsp3) is 0.150. The van der Waals surface area contributed by atoms with Crippen LogP contribution in [0.15, 0.2) is 59.4 Å². The Labute approximate surface area is 171 Å². The van der Waals surface area contributed by atoms with Crippen molar-refractivity contribution in [3.63, 3.8) is 0 Å². The van der Waals surface area contributed by atoms with Crippen LogP contribution in [-0.2, 0) is 0 Å². The van der Waals surface area contributed by atoms with Crippen LogP contribution >= 0.6 is 23.2 Å². The van der Waals surface area contributed by atoms with E-state index in [1.165, 1.54) is 6.07 Å². The van der Waals surface area contributed by atoms with Crippen LogP contribution in [0.2, 0.25) is 10.0 Å². The van der Waals surface area contributed by atoms with Crippen LogP contribution in [0.5, 0.6) is 0 Å². The van der Waals surface area contributed by atoms with E-state index in [0.29, 0.717) is 27.0 Å². The predicted molar refractivity (Wildman–Crippen MR) is 109 cm³/mol. The zero-order valence-electron chi connectivity index (χ0n) is 14.9. The maximum absolute atomic E-state index is 12.9. The molecule has 6 nitrogen and oxygen atoms in total. The first kappa shape index (κ1) is 20.1. The number of carbonyl (C=O) groups excluding carboxylic acids is 1. The van der Waals surface area contributed by atoms with Gasteiger partial charge in [-0.15, -0.1) is 0 Å². The predicted octanol–water partition coefficient (Wildman–Crippen LogP) is 3.32. The Morgan fingerprint density at radius 2 is 1.86 bits per heavy atom. The number of benzene rings is 2. The van der Waals surface area contributed by atoms with Gasteiger partial charge in [0, 0.05) is 21.7 Å². The summed E-state index contributed by atoms with van der Waals surface area (Å²) in [5.41, 5.74) is 0.836. The normalized spacial score (nSPS) is 11.9. The van der Waals surface area contributed by atoms with E-state index in [2.05, 4.69) is 10.4 Å². The number of aromatic nitrogens is 2. The number of halogens is 2. The van der Waals surface area contributed by atoms with Crippen LogP contribution in [0, 0.1) is 0 Å². The van der Waals surface area contributed by atoms with Gasteiger partial charge < -0.3 is 10.4 Å². The Morgan fingerprint density at radius 1 is 1.14 bits per heavy atom. The average molecular weight is 418 g/mol. The molecule has 3 rings (SSSR count). The summed E-state index contributed by atoms with van der Waals surface area (Å²) < 4.78 is 1.13. The molecule has 0 bridgehead atoms. The minimum Gasteiger partial charge on any atom is -0.394 e. The number of aliphatic hydroxyl groups is 1. The lowest BCUT2D eigenvalue weighted by Crippen LogP contribution is -2.39. The van der Waals surface area contributed by atoms with Crippen molar-refractivity contribution in [2.24, 2.45) is 0 Å². The van der Waals surface area contributed by atoms with Gasteiger partial charge in [0.1, 0.15) is 5.56 Å². The highest BCUT2D eigenvalue weighted by Crippen LogP contribution is 2.21. The third-order valence-corrected chi connectivity index (χ3v) is 4.49. The molecule has 8 heteroatoms. The molecule has 0 radical (unpaired) electrons. The van der Waals surface area contributed by atoms with Gasteiger partial charge >= 0.3 is 0 Å². The van der Waals surface area contributed by atoms with E-state index < -0.39 is 17.5 Å². The average Bonchev–Trinajstić information content (AvgIpc) is 2.68. The standard InChI is InChI=1S/C20H17Cl2N3O3/c1-12(11-26)23-19(27)17-10-18(13-5-7-14(21)8-6-13)24-25(20(17)28)16-4-2-3-15(22)9-16/h2-10,12,26H,11H2,1H3,(H,23,27). The zero-order valence-corrected chi connectivity index (χ0v) is 16.4. The molecule has 0 aliphatic heterocycles. The molecule has 144 valence electrons. The van der Waals surface area contributed by atoms with E-state index in [4.69, 9.17) is 23.2 Å². The van der Waals surface area contributed by atoms with Crippen molar-refractivity contribution < 1.29 is 9.90 Å². The lowest BCUT2D eigenvalue weighted by molar-refractivity contribution is 0.0920. The minimum absolute atomic E-state index is 0.0970. The molecule has 1 aromatic heterocycles. The van der Waals surface area contributed by atoms with Crippen LogP contribution in [-0.4, -0.2) is 33.4 Å². The van der Waals surface area contributed by atoms with Crippen LogP contribution in [0.3, 0.4) is 0 Å². The molecule has 0 aliphatic carbocycles. The van der Waals surface area contributed by atoms with Gasteiger partial charge in [0.2, 0.25) is 0 Å². The third-order valence-electron chi connectivity index (χ3n) is 4.00. The summed E-state index contributed by atoms with van der Waals surface area (Å²) in [6.45, 7) is 1.39. The highest BCUT2D eigenvalue weighted by Gasteiger charge is 2.19. The van der Waals surface area contributed by atoms with Gasteiger partial charge in [-0.2, -0.15) is 9.78 Å².